The monoisotopic (exact) mass is 525 g/mol. The third-order valence-electron chi connectivity index (χ3n) is 8.05. The summed E-state index contributed by atoms with van der Waals surface area (Å²) in [5.41, 5.74) is 2.28. The van der Waals surface area contributed by atoms with Gasteiger partial charge >= 0.3 is 0 Å². The van der Waals surface area contributed by atoms with Crippen molar-refractivity contribution in [2.24, 2.45) is 0 Å². The first kappa shape index (κ1) is 22.6. The number of aromatic nitrogens is 1. The number of rotatable bonds is 2. The van der Waals surface area contributed by atoms with Crippen LogP contribution < -0.4 is 15.1 Å². The zero-order valence-corrected chi connectivity index (χ0v) is 21.0. The van der Waals surface area contributed by atoms with E-state index < -0.39 is 17.2 Å². The van der Waals surface area contributed by atoms with E-state index in [0.717, 1.165) is 29.2 Å². The fourth-order valence-corrected chi connectivity index (χ4v) is 6.15. The number of hydrogen-bond donors (Lipinski definition) is 0. The zero-order valence-electron chi connectivity index (χ0n) is 21.0. The van der Waals surface area contributed by atoms with E-state index in [2.05, 4.69) is 0 Å². The average molecular weight is 526 g/mol. The molecule has 3 aliphatic rings. The number of hydrogen-bond acceptors (Lipinski definition) is 6. The number of ether oxygens (including phenoxy) is 2. The first-order chi connectivity index (χ1) is 19.1. The number of pyridine rings is 1. The molecule has 5 aromatic rings. The minimum atomic E-state index is -0.530. The van der Waals surface area contributed by atoms with E-state index >= 15 is 4.39 Å². The molecule has 8 rings (SSSR count). The molecule has 5 heterocycles. The van der Waals surface area contributed by atoms with Gasteiger partial charge in [0.15, 0.2) is 17.3 Å². The van der Waals surface area contributed by atoms with Crippen LogP contribution in [0.15, 0.2) is 57.9 Å². The normalized spacial score (nSPS) is 16.7. The van der Waals surface area contributed by atoms with Crippen LogP contribution in [0.4, 0.5) is 10.1 Å². The van der Waals surface area contributed by atoms with Gasteiger partial charge in [-0.1, -0.05) is 18.2 Å². The smallest absolute Gasteiger partial charge is 0.259 e. The van der Waals surface area contributed by atoms with E-state index in [4.69, 9.17) is 13.9 Å². The average Bonchev–Trinajstić information content (AvgIpc) is 3.61. The van der Waals surface area contributed by atoms with Crippen molar-refractivity contribution in [1.29, 1.82) is 0 Å². The third kappa shape index (κ3) is 3.26. The maximum atomic E-state index is 15.8. The van der Waals surface area contributed by atoms with E-state index in [1.807, 2.05) is 41.3 Å². The number of morpholine rings is 1. The van der Waals surface area contributed by atoms with Crippen molar-refractivity contribution in [3.63, 3.8) is 0 Å². The lowest BCUT2D eigenvalue weighted by molar-refractivity contribution is 0.0302. The predicted octanol–water partition coefficient (Wildman–Crippen LogP) is 5.21. The van der Waals surface area contributed by atoms with Gasteiger partial charge in [-0.3, -0.25) is 9.59 Å². The Labute approximate surface area is 221 Å². The zero-order chi connectivity index (χ0) is 26.2. The molecule has 9 heteroatoms. The maximum Gasteiger partial charge on any atom is 0.259 e. The van der Waals surface area contributed by atoms with Crippen molar-refractivity contribution in [2.75, 3.05) is 44.3 Å². The SMILES string of the molecule is O=C(c1cn2c3c(c(N4CCCC4)c(F)cc3c1=O)Oc1cc3c(cc1-2)oc1ccccc13)N1CCOCC1. The summed E-state index contributed by atoms with van der Waals surface area (Å²) >= 11 is 0. The second-order valence-electron chi connectivity index (χ2n) is 10.3. The summed E-state index contributed by atoms with van der Waals surface area (Å²) in [5, 5.41) is 1.92. The van der Waals surface area contributed by atoms with Crippen LogP contribution in [0.25, 0.3) is 38.5 Å². The molecule has 3 aromatic carbocycles. The number of para-hydroxylation sites is 1. The van der Waals surface area contributed by atoms with Gasteiger partial charge in [-0.2, -0.15) is 0 Å². The van der Waals surface area contributed by atoms with Gasteiger partial charge in [-0.05, 0) is 31.0 Å². The molecular formula is C30H24FN3O5. The highest BCUT2D eigenvalue weighted by Crippen LogP contribution is 2.48. The highest BCUT2D eigenvalue weighted by molar-refractivity contribution is 6.07. The summed E-state index contributed by atoms with van der Waals surface area (Å²) in [6.07, 6.45) is 3.48. The Bertz CT molecular complexity index is 1900. The molecule has 3 aliphatic heterocycles. The van der Waals surface area contributed by atoms with Crippen molar-refractivity contribution >= 4 is 44.4 Å². The molecule has 0 unspecified atom stereocenters. The Morgan fingerprint density at radius 3 is 2.51 bits per heavy atom. The van der Waals surface area contributed by atoms with Crippen LogP contribution in [-0.4, -0.2) is 54.8 Å². The molecule has 0 N–H and O–H groups in total. The Kier molecular flexibility index (Phi) is 4.82. The van der Waals surface area contributed by atoms with Crippen LogP contribution in [-0.2, 0) is 4.74 Å². The molecule has 2 saturated heterocycles. The fraction of sp³-hybridized carbons (Fsp3) is 0.267. The highest BCUT2D eigenvalue weighted by Gasteiger charge is 2.33. The molecule has 0 aliphatic carbocycles. The van der Waals surface area contributed by atoms with Crippen LogP contribution in [0.5, 0.6) is 11.5 Å². The molecule has 196 valence electrons. The molecule has 39 heavy (non-hydrogen) atoms. The molecule has 0 saturated carbocycles. The number of carbonyl (C=O) groups is 1. The minimum absolute atomic E-state index is 0.0128. The van der Waals surface area contributed by atoms with Gasteiger partial charge in [0.1, 0.15) is 27.9 Å². The van der Waals surface area contributed by atoms with Crippen LogP contribution >= 0.6 is 0 Å². The Morgan fingerprint density at radius 2 is 1.69 bits per heavy atom. The van der Waals surface area contributed by atoms with E-state index in [1.165, 1.54) is 6.07 Å². The standard InChI is InChI=1S/C30H24FN3O5/c31-21-13-19-26-29(27(21)32-7-3-4-8-32)39-25-14-18-17-5-1-2-6-23(17)38-24(18)15-22(25)34(26)16-20(28(19)35)30(36)33-9-11-37-12-10-33/h1-2,5-6,13-16H,3-4,7-12H2. The summed E-state index contributed by atoms with van der Waals surface area (Å²) < 4.78 is 35.6. The second kappa shape index (κ2) is 8.31. The van der Waals surface area contributed by atoms with Gasteiger partial charge in [0.25, 0.3) is 5.91 Å². The molecule has 2 aromatic heterocycles. The van der Waals surface area contributed by atoms with E-state index in [9.17, 15) is 9.59 Å². The van der Waals surface area contributed by atoms with Crippen molar-refractivity contribution in [3.8, 4) is 17.2 Å². The Hall–Kier alpha value is -4.37. The van der Waals surface area contributed by atoms with Gasteiger partial charge in [0, 0.05) is 49.2 Å². The maximum absolute atomic E-state index is 15.8. The first-order valence-electron chi connectivity index (χ1n) is 13.3. The number of furan rings is 1. The number of amides is 1. The third-order valence-corrected chi connectivity index (χ3v) is 8.05. The van der Waals surface area contributed by atoms with Crippen LogP contribution in [0, 0.1) is 5.82 Å². The lowest BCUT2D eigenvalue weighted by atomic mass is 10.0. The molecule has 1 amide bonds. The molecule has 0 spiro atoms. The molecule has 0 bridgehead atoms. The molecule has 8 nitrogen and oxygen atoms in total. The quantitative estimate of drug-likeness (QED) is 0.309. The topological polar surface area (TPSA) is 77.2 Å². The van der Waals surface area contributed by atoms with Gasteiger partial charge in [0.05, 0.1) is 24.3 Å². The number of halogens is 1. The number of anilines is 1. The Balaban J connectivity index is 1.44. The second-order valence-corrected chi connectivity index (χ2v) is 10.3. The number of carbonyl (C=O) groups excluding carboxylic acids is 1. The van der Waals surface area contributed by atoms with Gasteiger partial charge in [0.2, 0.25) is 5.43 Å². The van der Waals surface area contributed by atoms with E-state index in [-0.39, 0.29) is 10.9 Å². The van der Waals surface area contributed by atoms with Gasteiger partial charge in [-0.15, -0.1) is 0 Å². The first-order valence-corrected chi connectivity index (χ1v) is 13.3. The predicted molar refractivity (Wildman–Crippen MR) is 145 cm³/mol. The van der Waals surface area contributed by atoms with Crippen molar-refractivity contribution < 1.29 is 23.1 Å². The molecule has 0 radical (unpaired) electrons. The molecule has 0 atom stereocenters. The van der Waals surface area contributed by atoms with E-state index in [1.54, 1.807) is 15.7 Å². The van der Waals surface area contributed by atoms with Gasteiger partial charge in [-0.25, -0.2) is 4.39 Å². The van der Waals surface area contributed by atoms with Crippen LogP contribution in [0.3, 0.4) is 0 Å². The van der Waals surface area contributed by atoms with Gasteiger partial charge < -0.3 is 28.3 Å². The lowest BCUT2D eigenvalue weighted by Gasteiger charge is -2.30. The highest BCUT2D eigenvalue weighted by atomic mass is 19.1. The van der Waals surface area contributed by atoms with Crippen LogP contribution in [0.2, 0.25) is 0 Å². The summed E-state index contributed by atoms with van der Waals surface area (Å²) in [7, 11) is 0. The van der Waals surface area contributed by atoms with E-state index in [0.29, 0.717) is 73.4 Å². The van der Waals surface area contributed by atoms with Crippen LogP contribution in [0.1, 0.15) is 23.2 Å². The van der Waals surface area contributed by atoms with Crippen molar-refractivity contribution in [2.45, 2.75) is 12.8 Å². The minimum Gasteiger partial charge on any atom is -0.456 e. The summed E-state index contributed by atoms with van der Waals surface area (Å²) in [6, 6.07) is 12.8. The fourth-order valence-electron chi connectivity index (χ4n) is 6.15. The molecular weight excluding hydrogens is 501 g/mol. The lowest BCUT2D eigenvalue weighted by Crippen LogP contribution is -2.42. The number of benzene rings is 3. The van der Waals surface area contributed by atoms with Crippen molar-refractivity contribution in [1.82, 2.24) is 9.47 Å². The Morgan fingerprint density at radius 1 is 0.897 bits per heavy atom. The largest absolute Gasteiger partial charge is 0.456 e. The number of fused-ring (bicyclic) bond motifs is 5. The van der Waals surface area contributed by atoms with Crippen molar-refractivity contribution in [3.05, 3.63) is 70.3 Å². The summed E-state index contributed by atoms with van der Waals surface area (Å²) in [6.45, 7) is 3.01. The summed E-state index contributed by atoms with van der Waals surface area (Å²) in [4.78, 5) is 30.9. The molecule has 2 fully saturated rings. The number of nitrogens with zero attached hydrogens (tertiary/aromatic N) is 3. The summed E-state index contributed by atoms with van der Waals surface area (Å²) in [5.74, 6) is -0.119.